The van der Waals surface area contributed by atoms with Gasteiger partial charge in [-0.3, -0.25) is 28.8 Å². The van der Waals surface area contributed by atoms with E-state index >= 15 is 0 Å². The first-order valence-electron chi connectivity index (χ1n) is 16.0. The molecule has 0 saturated heterocycles. The summed E-state index contributed by atoms with van der Waals surface area (Å²) in [5.74, 6) is -4.99. The van der Waals surface area contributed by atoms with Crippen LogP contribution in [0.25, 0.3) is 0 Å². The maximum atomic E-state index is 13.2. The Balaban J connectivity index is 5.15. The van der Waals surface area contributed by atoms with Crippen LogP contribution < -0.4 is 5.32 Å². The van der Waals surface area contributed by atoms with E-state index in [1.165, 1.54) is 64.2 Å². The minimum Gasteiger partial charge on any atom is -0.462 e. The number of amides is 1. The van der Waals surface area contributed by atoms with E-state index in [9.17, 15) is 28.8 Å². The number of rotatable bonds is 25. The largest absolute Gasteiger partial charge is 0.462 e. The Kier molecular flexibility index (Phi) is 23.4. The van der Waals surface area contributed by atoms with Crippen molar-refractivity contribution in [3.8, 4) is 0 Å². The van der Waals surface area contributed by atoms with Crippen LogP contribution in [-0.4, -0.2) is 73.3 Å². The van der Waals surface area contributed by atoms with Crippen LogP contribution in [0, 0.1) is 0 Å². The number of esters is 5. The van der Waals surface area contributed by atoms with E-state index in [-0.39, 0.29) is 6.54 Å². The fourth-order valence-corrected chi connectivity index (χ4v) is 4.73. The molecule has 0 spiro atoms. The number of hydrogen-bond acceptors (Lipinski definition) is 11. The highest BCUT2D eigenvalue weighted by Gasteiger charge is 2.46. The number of carbonyl (C=O) groups excluding carboxylic acids is 6. The van der Waals surface area contributed by atoms with E-state index in [4.69, 9.17) is 23.7 Å². The first kappa shape index (κ1) is 40.8. The van der Waals surface area contributed by atoms with Crippen molar-refractivity contribution in [2.75, 3.05) is 13.2 Å². The normalized spacial score (nSPS) is 13.5. The van der Waals surface area contributed by atoms with Crippen LogP contribution in [-0.2, 0) is 52.5 Å². The Labute approximate surface area is 262 Å². The lowest BCUT2D eigenvalue weighted by Crippen LogP contribution is -2.57. The van der Waals surface area contributed by atoms with Crippen molar-refractivity contribution in [1.29, 1.82) is 0 Å². The van der Waals surface area contributed by atoms with Gasteiger partial charge in [0.05, 0.1) is 0 Å². The first-order chi connectivity index (χ1) is 20.9. The van der Waals surface area contributed by atoms with Crippen LogP contribution >= 0.6 is 0 Å². The molecule has 0 aliphatic rings. The maximum Gasteiger partial charge on any atom is 0.303 e. The van der Waals surface area contributed by atoms with Gasteiger partial charge in [0.2, 0.25) is 6.10 Å². The lowest BCUT2D eigenvalue weighted by molar-refractivity contribution is -0.203. The van der Waals surface area contributed by atoms with E-state index in [0.29, 0.717) is 6.42 Å². The molecule has 12 heteroatoms. The predicted octanol–water partition coefficient (Wildman–Crippen LogP) is 4.87. The SMILES string of the molecule is CCCCCCCCCCCCCCCCNC(=O)[C@H](OC(C)=O)[C@@H](OC(C)=O)[C@H](OC(C)=O)[C@@H](COC(C)=O)OC(C)=O. The third-order valence-electron chi connectivity index (χ3n) is 6.74. The molecular weight excluding hydrogens is 574 g/mol. The van der Waals surface area contributed by atoms with E-state index in [2.05, 4.69) is 12.2 Å². The number of nitrogens with one attached hydrogen (secondary N) is 1. The van der Waals surface area contributed by atoms with Gasteiger partial charge in [-0.25, -0.2) is 0 Å². The van der Waals surface area contributed by atoms with Crippen LogP contribution in [0.15, 0.2) is 0 Å². The smallest absolute Gasteiger partial charge is 0.303 e. The van der Waals surface area contributed by atoms with Crippen molar-refractivity contribution in [3.63, 3.8) is 0 Å². The summed E-state index contributed by atoms with van der Waals surface area (Å²) in [5, 5.41) is 2.68. The molecule has 12 nitrogen and oxygen atoms in total. The Hall–Kier alpha value is -3.18. The molecule has 0 aromatic carbocycles. The van der Waals surface area contributed by atoms with Crippen molar-refractivity contribution < 1.29 is 52.5 Å². The summed E-state index contributed by atoms with van der Waals surface area (Å²) in [4.78, 5) is 72.5. The highest BCUT2D eigenvalue weighted by atomic mass is 16.6. The number of carbonyl (C=O) groups is 6. The van der Waals surface area contributed by atoms with Crippen LogP contribution in [0.5, 0.6) is 0 Å². The van der Waals surface area contributed by atoms with Crippen molar-refractivity contribution in [1.82, 2.24) is 5.32 Å². The van der Waals surface area contributed by atoms with Gasteiger partial charge in [-0.15, -0.1) is 0 Å². The second kappa shape index (κ2) is 25.2. The second-order valence-corrected chi connectivity index (χ2v) is 11.0. The summed E-state index contributed by atoms with van der Waals surface area (Å²) in [6.07, 6.45) is 9.95. The Morgan fingerprint density at radius 1 is 0.500 bits per heavy atom. The third kappa shape index (κ3) is 21.5. The standard InChI is InChI=1S/C32H55NO11/c1-7-8-9-10-11-12-13-14-15-16-17-18-19-20-21-33-32(39)31(44-27(6)38)30(43-26(5)37)29(42-25(4)36)28(41-24(3)35)22-40-23(2)34/h28-31H,7-22H2,1-6H3,(H,33,39)/t28-,29-,30+,31-/m1/s1. The number of hydrogen-bond donors (Lipinski definition) is 1. The maximum absolute atomic E-state index is 13.2. The zero-order chi connectivity index (χ0) is 33.3. The van der Waals surface area contributed by atoms with Gasteiger partial charge >= 0.3 is 29.8 Å². The minimum absolute atomic E-state index is 0.264. The third-order valence-corrected chi connectivity index (χ3v) is 6.74. The second-order valence-electron chi connectivity index (χ2n) is 11.0. The van der Waals surface area contributed by atoms with Gasteiger partial charge < -0.3 is 29.0 Å². The van der Waals surface area contributed by atoms with Gasteiger partial charge in [-0.05, 0) is 6.42 Å². The Bertz CT molecular complexity index is 876. The molecule has 0 heterocycles. The van der Waals surface area contributed by atoms with E-state index < -0.39 is 66.8 Å². The fraction of sp³-hybridized carbons (Fsp3) is 0.812. The van der Waals surface area contributed by atoms with Crippen LogP contribution in [0.2, 0.25) is 0 Å². The predicted molar refractivity (Wildman–Crippen MR) is 162 cm³/mol. The lowest BCUT2D eigenvalue weighted by atomic mass is 10.0. The Morgan fingerprint density at radius 3 is 1.32 bits per heavy atom. The molecule has 0 radical (unpaired) electrons. The molecule has 0 unspecified atom stereocenters. The van der Waals surface area contributed by atoms with E-state index in [1.807, 2.05) is 0 Å². The topological polar surface area (TPSA) is 161 Å². The van der Waals surface area contributed by atoms with E-state index in [1.54, 1.807) is 0 Å². The quantitative estimate of drug-likeness (QED) is 0.0833. The summed E-state index contributed by atoms with van der Waals surface area (Å²) in [6, 6.07) is 0. The van der Waals surface area contributed by atoms with Crippen LogP contribution in [0.3, 0.4) is 0 Å². The summed E-state index contributed by atoms with van der Waals surface area (Å²) >= 11 is 0. The van der Waals surface area contributed by atoms with Gasteiger partial charge in [-0.1, -0.05) is 90.4 Å². The summed E-state index contributed by atoms with van der Waals surface area (Å²) < 4.78 is 26.0. The van der Waals surface area contributed by atoms with Gasteiger partial charge in [0, 0.05) is 41.2 Å². The highest BCUT2D eigenvalue weighted by molar-refractivity contribution is 5.84. The zero-order valence-corrected chi connectivity index (χ0v) is 27.6. The van der Waals surface area contributed by atoms with Crippen molar-refractivity contribution >= 4 is 35.8 Å². The van der Waals surface area contributed by atoms with Gasteiger partial charge in [-0.2, -0.15) is 0 Å². The van der Waals surface area contributed by atoms with Crippen molar-refractivity contribution in [3.05, 3.63) is 0 Å². The molecule has 0 aliphatic heterocycles. The number of unbranched alkanes of at least 4 members (excludes halogenated alkanes) is 13. The molecule has 0 aliphatic carbocycles. The highest BCUT2D eigenvalue weighted by Crippen LogP contribution is 2.21. The first-order valence-corrected chi connectivity index (χ1v) is 16.0. The van der Waals surface area contributed by atoms with E-state index in [0.717, 1.165) is 53.9 Å². The molecule has 0 saturated carbocycles. The average Bonchev–Trinajstić information content (AvgIpc) is 2.93. The minimum atomic E-state index is -1.76. The molecule has 0 rings (SSSR count). The van der Waals surface area contributed by atoms with Crippen LogP contribution in [0.1, 0.15) is 131 Å². The summed E-state index contributed by atoms with van der Waals surface area (Å²) in [5.41, 5.74) is 0. The monoisotopic (exact) mass is 629 g/mol. The molecule has 0 fully saturated rings. The van der Waals surface area contributed by atoms with Gasteiger partial charge in [0.25, 0.3) is 5.91 Å². The molecule has 0 bridgehead atoms. The summed E-state index contributed by atoms with van der Waals surface area (Å²) in [6.45, 7) is 7.24. The number of ether oxygens (including phenoxy) is 5. The lowest BCUT2D eigenvalue weighted by Gasteiger charge is -2.34. The van der Waals surface area contributed by atoms with Gasteiger partial charge in [0.1, 0.15) is 6.61 Å². The molecule has 1 N–H and O–H groups in total. The molecule has 254 valence electrons. The zero-order valence-electron chi connectivity index (χ0n) is 27.6. The molecule has 44 heavy (non-hydrogen) atoms. The average molecular weight is 630 g/mol. The summed E-state index contributed by atoms with van der Waals surface area (Å²) in [7, 11) is 0. The molecule has 1 amide bonds. The van der Waals surface area contributed by atoms with Crippen LogP contribution in [0.4, 0.5) is 0 Å². The Morgan fingerprint density at radius 2 is 0.909 bits per heavy atom. The van der Waals surface area contributed by atoms with Crippen molar-refractivity contribution in [2.45, 2.75) is 156 Å². The molecule has 0 aromatic rings. The molecule has 4 atom stereocenters. The van der Waals surface area contributed by atoms with Crippen molar-refractivity contribution in [2.24, 2.45) is 0 Å². The fourth-order valence-electron chi connectivity index (χ4n) is 4.73. The molecular formula is C32H55NO11. The molecule has 0 aromatic heterocycles. The van der Waals surface area contributed by atoms with Gasteiger partial charge in [0.15, 0.2) is 18.3 Å².